The summed E-state index contributed by atoms with van der Waals surface area (Å²) in [5.41, 5.74) is 0. The molecule has 1 aliphatic heterocycles. The first-order valence-electron chi connectivity index (χ1n) is 7.34. The number of hydrogen-bond donors (Lipinski definition) is 1. The summed E-state index contributed by atoms with van der Waals surface area (Å²) in [6.45, 7) is 4.86. The van der Waals surface area contributed by atoms with Crippen LogP contribution in [-0.4, -0.2) is 62.2 Å². The lowest BCUT2D eigenvalue weighted by molar-refractivity contribution is 0.109. The molecule has 98 valence electrons. The molecule has 3 fully saturated rings. The van der Waals surface area contributed by atoms with Gasteiger partial charge in [-0.25, -0.2) is 0 Å². The third kappa shape index (κ3) is 2.51. The Labute approximate surface area is 106 Å². The first-order chi connectivity index (χ1) is 8.22. The first-order valence-corrected chi connectivity index (χ1v) is 7.34. The smallest absolute Gasteiger partial charge is 0.0345 e. The molecule has 17 heavy (non-hydrogen) atoms. The molecule has 0 aromatic rings. The van der Waals surface area contributed by atoms with Crippen LogP contribution in [0.3, 0.4) is 0 Å². The molecule has 3 rings (SSSR count). The lowest BCUT2D eigenvalue weighted by atomic mass is 9.95. The van der Waals surface area contributed by atoms with Crippen molar-refractivity contribution in [2.75, 3.05) is 40.3 Å². The van der Waals surface area contributed by atoms with Crippen molar-refractivity contribution in [3.63, 3.8) is 0 Å². The summed E-state index contributed by atoms with van der Waals surface area (Å²) >= 11 is 0. The second-order valence-electron chi connectivity index (χ2n) is 6.59. The molecule has 3 heteroatoms. The quantitative estimate of drug-likeness (QED) is 0.790. The third-order valence-electron chi connectivity index (χ3n) is 5.33. The van der Waals surface area contributed by atoms with Crippen LogP contribution >= 0.6 is 0 Å². The molecule has 0 aromatic heterocycles. The molecule has 2 bridgehead atoms. The molecule has 3 aliphatic rings. The van der Waals surface area contributed by atoms with E-state index in [1.807, 2.05) is 0 Å². The highest BCUT2D eigenvalue weighted by Gasteiger charge is 2.39. The topological polar surface area (TPSA) is 18.5 Å². The summed E-state index contributed by atoms with van der Waals surface area (Å²) in [5, 5.41) is 3.87. The number of piperazine rings is 1. The van der Waals surface area contributed by atoms with E-state index >= 15 is 0 Å². The molecule has 0 spiro atoms. The van der Waals surface area contributed by atoms with Crippen LogP contribution in [0.15, 0.2) is 0 Å². The molecule has 2 aliphatic carbocycles. The van der Waals surface area contributed by atoms with Gasteiger partial charge in [0.1, 0.15) is 0 Å². The van der Waals surface area contributed by atoms with Crippen molar-refractivity contribution < 1.29 is 0 Å². The Morgan fingerprint density at radius 3 is 2.71 bits per heavy atom. The van der Waals surface area contributed by atoms with Crippen molar-refractivity contribution >= 4 is 0 Å². The standard InChI is InChI=1S/C14H27N3/c1-16-5-6-17(2)13(10-16)9-15-14-8-11-3-4-12(14)7-11/h11-15H,3-10H2,1-2H3. The molecule has 1 N–H and O–H groups in total. The van der Waals surface area contributed by atoms with Crippen molar-refractivity contribution in [3.05, 3.63) is 0 Å². The van der Waals surface area contributed by atoms with Gasteiger partial charge in [0.2, 0.25) is 0 Å². The van der Waals surface area contributed by atoms with E-state index in [0.29, 0.717) is 6.04 Å². The predicted octanol–water partition coefficient (Wildman–Crippen LogP) is 1.01. The van der Waals surface area contributed by atoms with Gasteiger partial charge in [0, 0.05) is 38.3 Å². The highest BCUT2D eigenvalue weighted by Crippen LogP contribution is 2.44. The number of nitrogens with zero attached hydrogens (tertiary/aromatic N) is 2. The van der Waals surface area contributed by atoms with E-state index in [9.17, 15) is 0 Å². The van der Waals surface area contributed by atoms with Gasteiger partial charge in [-0.05, 0) is 45.2 Å². The number of nitrogens with one attached hydrogen (secondary N) is 1. The zero-order chi connectivity index (χ0) is 11.8. The van der Waals surface area contributed by atoms with Crippen molar-refractivity contribution in [1.29, 1.82) is 0 Å². The normalized spacial score (nSPS) is 43.4. The fourth-order valence-corrected chi connectivity index (χ4v) is 4.10. The Morgan fingerprint density at radius 1 is 1.12 bits per heavy atom. The highest BCUT2D eigenvalue weighted by molar-refractivity contribution is 4.95. The van der Waals surface area contributed by atoms with Crippen LogP contribution in [-0.2, 0) is 0 Å². The van der Waals surface area contributed by atoms with Gasteiger partial charge in [-0.2, -0.15) is 0 Å². The summed E-state index contributed by atoms with van der Waals surface area (Å²) in [6, 6.07) is 1.56. The maximum Gasteiger partial charge on any atom is 0.0345 e. The van der Waals surface area contributed by atoms with E-state index in [2.05, 4.69) is 29.2 Å². The number of hydrogen-bond acceptors (Lipinski definition) is 3. The number of likely N-dealkylation sites (N-methyl/N-ethyl adjacent to an activating group) is 2. The van der Waals surface area contributed by atoms with Crippen LogP contribution in [0.5, 0.6) is 0 Å². The van der Waals surface area contributed by atoms with E-state index in [1.54, 1.807) is 0 Å². The molecule has 1 heterocycles. The van der Waals surface area contributed by atoms with Gasteiger partial charge in [-0.1, -0.05) is 6.42 Å². The minimum atomic E-state index is 0.716. The Kier molecular flexibility index (Phi) is 3.42. The maximum atomic E-state index is 3.87. The Hall–Kier alpha value is -0.120. The maximum absolute atomic E-state index is 3.87. The largest absolute Gasteiger partial charge is 0.312 e. The van der Waals surface area contributed by atoms with E-state index in [1.165, 1.54) is 51.9 Å². The van der Waals surface area contributed by atoms with Gasteiger partial charge in [-0.3, -0.25) is 4.90 Å². The summed E-state index contributed by atoms with van der Waals surface area (Å²) in [5.74, 6) is 2.07. The highest BCUT2D eigenvalue weighted by atomic mass is 15.3. The fraction of sp³-hybridized carbons (Fsp3) is 1.00. The minimum absolute atomic E-state index is 0.716. The first kappa shape index (κ1) is 11.9. The van der Waals surface area contributed by atoms with Crippen molar-refractivity contribution in [3.8, 4) is 0 Å². The summed E-state index contributed by atoms with van der Waals surface area (Å²) < 4.78 is 0. The van der Waals surface area contributed by atoms with E-state index in [-0.39, 0.29) is 0 Å². The third-order valence-corrected chi connectivity index (χ3v) is 5.33. The molecule has 4 unspecified atom stereocenters. The van der Waals surface area contributed by atoms with E-state index in [0.717, 1.165) is 17.9 Å². The van der Waals surface area contributed by atoms with Crippen LogP contribution in [0.2, 0.25) is 0 Å². The van der Waals surface area contributed by atoms with Gasteiger partial charge in [0.25, 0.3) is 0 Å². The Morgan fingerprint density at radius 2 is 2.00 bits per heavy atom. The molecule has 0 amide bonds. The molecular formula is C14H27N3. The lowest BCUT2D eigenvalue weighted by Gasteiger charge is -2.38. The van der Waals surface area contributed by atoms with E-state index in [4.69, 9.17) is 0 Å². The zero-order valence-corrected chi connectivity index (χ0v) is 11.4. The second-order valence-corrected chi connectivity index (χ2v) is 6.59. The minimum Gasteiger partial charge on any atom is -0.312 e. The van der Waals surface area contributed by atoms with Crippen molar-refractivity contribution in [1.82, 2.24) is 15.1 Å². The number of fused-ring (bicyclic) bond motifs is 2. The average Bonchev–Trinajstić information content (AvgIpc) is 2.92. The molecular weight excluding hydrogens is 210 g/mol. The Balaban J connectivity index is 1.47. The summed E-state index contributed by atoms with van der Waals surface area (Å²) in [6.07, 6.45) is 5.96. The second kappa shape index (κ2) is 4.87. The van der Waals surface area contributed by atoms with Crippen LogP contribution in [0.1, 0.15) is 25.7 Å². The van der Waals surface area contributed by atoms with E-state index < -0.39 is 0 Å². The van der Waals surface area contributed by atoms with Crippen LogP contribution < -0.4 is 5.32 Å². The molecule has 1 saturated heterocycles. The van der Waals surface area contributed by atoms with Gasteiger partial charge in [-0.15, -0.1) is 0 Å². The van der Waals surface area contributed by atoms with Crippen LogP contribution in [0, 0.1) is 11.8 Å². The zero-order valence-electron chi connectivity index (χ0n) is 11.4. The van der Waals surface area contributed by atoms with Crippen molar-refractivity contribution in [2.24, 2.45) is 11.8 Å². The number of rotatable bonds is 3. The molecule has 0 aromatic carbocycles. The van der Waals surface area contributed by atoms with Crippen LogP contribution in [0.25, 0.3) is 0 Å². The predicted molar refractivity (Wildman–Crippen MR) is 71.2 cm³/mol. The Bertz CT molecular complexity index is 268. The van der Waals surface area contributed by atoms with Gasteiger partial charge < -0.3 is 10.2 Å². The lowest BCUT2D eigenvalue weighted by Crippen LogP contribution is -2.55. The fourth-order valence-electron chi connectivity index (χ4n) is 4.10. The summed E-state index contributed by atoms with van der Waals surface area (Å²) in [4.78, 5) is 4.99. The summed E-state index contributed by atoms with van der Waals surface area (Å²) in [7, 11) is 4.53. The SMILES string of the molecule is CN1CCN(C)C(CNC2CC3CCC2C3)C1. The molecule has 4 atom stereocenters. The molecule has 2 saturated carbocycles. The molecule has 0 radical (unpaired) electrons. The monoisotopic (exact) mass is 237 g/mol. The van der Waals surface area contributed by atoms with Gasteiger partial charge in [0.15, 0.2) is 0 Å². The van der Waals surface area contributed by atoms with Gasteiger partial charge in [0.05, 0.1) is 0 Å². The van der Waals surface area contributed by atoms with Crippen LogP contribution in [0.4, 0.5) is 0 Å². The van der Waals surface area contributed by atoms with Gasteiger partial charge >= 0.3 is 0 Å². The molecule has 3 nitrogen and oxygen atoms in total. The van der Waals surface area contributed by atoms with Crippen molar-refractivity contribution in [2.45, 2.75) is 37.8 Å². The average molecular weight is 237 g/mol.